The number of benzene rings is 3. The number of nitrogen functional groups attached to an aromatic ring is 1. The van der Waals surface area contributed by atoms with Gasteiger partial charge in [0.15, 0.2) is 0 Å². The van der Waals surface area contributed by atoms with Gasteiger partial charge in [-0.1, -0.05) is 29.3 Å². The molecule has 2 N–H and O–H groups in total. The maximum Gasteiger partial charge on any atom is 0.243 e. The Morgan fingerprint density at radius 2 is 1.74 bits per heavy atom. The molecule has 1 aromatic heterocycles. The molecular weight excluding hydrogens is 613 g/mol. The minimum atomic E-state index is -3.56. The first-order chi connectivity index (χ1) is 20.7. The monoisotopic (exact) mass is 643 g/mol. The van der Waals surface area contributed by atoms with Crippen LogP contribution >= 0.6 is 23.2 Å². The molecule has 13 heteroatoms. The summed E-state index contributed by atoms with van der Waals surface area (Å²) in [6.07, 6.45) is 4.89. The average molecular weight is 645 g/mol. The molecule has 2 saturated heterocycles. The number of halogens is 2. The van der Waals surface area contributed by atoms with E-state index in [9.17, 15) is 8.42 Å². The normalized spacial score (nSPS) is 21.3. The second-order valence-electron chi connectivity index (χ2n) is 10.4. The molecule has 0 spiro atoms. The SMILES string of the molecule is Nc1ccc(S(=O)(=O)N2CCN(c3ccc(OC[C@@H]4CO[C@@](Cn5ccnc5)(c5ccc(Cl)cc5Cl)O4)cc3)CC2)cc1. The minimum absolute atomic E-state index is 0.253. The molecule has 2 aliphatic heterocycles. The highest BCUT2D eigenvalue weighted by atomic mass is 35.5. The molecule has 10 nitrogen and oxygen atoms in total. The van der Waals surface area contributed by atoms with Crippen molar-refractivity contribution < 1.29 is 22.6 Å². The van der Waals surface area contributed by atoms with Crippen molar-refractivity contribution in [3.05, 3.63) is 101 Å². The smallest absolute Gasteiger partial charge is 0.243 e. The van der Waals surface area contributed by atoms with Crippen molar-refractivity contribution in [2.75, 3.05) is 50.0 Å². The predicted octanol–water partition coefficient (Wildman–Crippen LogP) is 4.63. The number of sulfonamides is 1. The van der Waals surface area contributed by atoms with Crippen LogP contribution in [-0.4, -0.2) is 67.8 Å². The highest BCUT2D eigenvalue weighted by Crippen LogP contribution is 2.40. The van der Waals surface area contributed by atoms with Gasteiger partial charge in [0.05, 0.1) is 29.4 Å². The summed E-state index contributed by atoms with van der Waals surface area (Å²) in [7, 11) is -3.56. The van der Waals surface area contributed by atoms with Crippen LogP contribution in [0.3, 0.4) is 0 Å². The van der Waals surface area contributed by atoms with Crippen LogP contribution in [0.5, 0.6) is 5.75 Å². The van der Waals surface area contributed by atoms with Crippen molar-refractivity contribution in [3.63, 3.8) is 0 Å². The molecule has 226 valence electrons. The lowest BCUT2D eigenvalue weighted by Gasteiger charge is -2.35. The van der Waals surface area contributed by atoms with Gasteiger partial charge in [-0.2, -0.15) is 4.31 Å². The lowest BCUT2D eigenvalue weighted by atomic mass is 10.1. The minimum Gasteiger partial charge on any atom is -0.491 e. The quantitative estimate of drug-likeness (QED) is 0.263. The van der Waals surface area contributed by atoms with E-state index < -0.39 is 15.8 Å². The fraction of sp³-hybridized carbons (Fsp3) is 0.300. The largest absolute Gasteiger partial charge is 0.491 e. The van der Waals surface area contributed by atoms with E-state index in [1.54, 1.807) is 48.9 Å². The van der Waals surface area contributed by atoms with Crippen molar-refractivity contribution >= 4 is 44.6 Å². The molecular formula is C30H31Cl2N5O5S. The van der Waals surface area contributed by atoms with Gasteiger partial charge in [-0.25, -0.2) is 13.4 Å². The number of piperazine rings is 1. The van der Waals surface area contributed by atoms with E-state index in [4.69, 9.17) is 43.1 Å². The number of aromatic nitrogens is 2. The average Bonchev–Trinajstić information content (AvgIpc) is 3.67. The summed E-state index contributed by atoms with van der Waals surface area (Å²) in [5.74, 6) is -0.433. The van der Waals surface area contributed by atoms with Gasteiger partial charge >= 0.3 is 0 Å². The van der Waals surface area contributed by atoms with Gasteiger partial charge in [0.1, 0.15) is 18.5 Å². The number of imidazole rings is 1. The molecule has 3 aromatic carbocycles. The van der Waals surface area contributed by atoms with E-state index >= 15 is 0 Å². The Labute approximate surface area is 260 Å². The number of nitrogens with two attached hydrogens (primary N) is 1. The Balaban J connectivity index is 1.05. The van der Waals surface area contributed by atoms with Crippen LogP contribution in [0.2, 0.25) is 10.0 Å². The fourth-order valence-corrected chi connectivity index (χ4v) is 7.27. The topological polar surface area (TPSA) is 112 Å². The third-order valence-electron chi connectivity index (χ3n) is 7.55. The van der Waals surface area contributed by atoms with Crippen LogP contribution in [0.4, 0.5) is 11.4 Å². The van der Waals surface area contributed by atoms with Crippen LogP contribution < -0.4 is 15.4 Å². The van der Waals surface area contributed by atoms with E-state index in [-0.39, 0.29) is 17.6 Å². The Morgan fingerprint density at radius 1 is 1.00 bits per heavy atom. The predicted molar refractivity (Wildman–Crippen MR) is 165 cm³/mol. The maximum atomic E-state index is 13.0. The molecule has 2 atom stereocenters. The summed E-state index contributed by atoms with van der Waals surface area (Å²) in [5, 5.41) is 0.978. The molecule has 2 aliphatic rings. The van der Waals surface area contributed by atoms with Crippen LogP contribution in [0, 0.1) is 0 Å². The molecule has 6 rings (SSSR count). The van der Waals surface area contributed by atoms with Crippen molar-refractivity contribution in [2.45, 2.75) is 23.3 Å². The highest BCUT2D eigenvalue weighted by molar-refractivity contribution is 7.89. The molecule has 0 unspecified atom stereocenters. The van der Waals surface area contributed by atoms with Crippen LogP contribution in [0.15, 0.2) is 90.3 Å². The zero-order valence-electron chi connectivity index (χ0n) is 23.2. The lowest BCUT2D eigenvalue weighted by Crippen LogP contribution is -2.48. The summed E-state index contributed by atoms with van der Waals surface area (Å²) < 4.78 is 48.2. The van der Waals surface area contributed by atoms with E-state index in [0.29, 0.717) is 66.4 Å². The van der Waals surface area contributed by atoms with Crippen molar-refractivity contribution in [3.8, 4) is 5.75 Å². The summed E-state index contributed by atoms with van der Waals surface area (Å²) in [6.45, 7) is 2.88. The van der Waals surface area contributed by atoms with Gasteiger partial charge in [0.2, 0.25) is 15.8 Å². The molecule has 2 fully saturated rings. The Bertz CT molecular complexity index is 1650. The number of nitrogens with zero attached hydrogens (tertiary/aromatic N) is 4. The zero-order chi connectivity index (χ0) is 30.0. The molecule has 0 radical (unpaired) electrons. The highest BCUT2D eigenvalue weighted by Gasteiger charge is 2.45. The number of anilines is 2. The number of rotatable bonds is 9. The fourth-order valence-electron chi connectivity index (χ4n) is 5.29. The summed E-state index contributed by atoms with van der Waals surface area (Å²) in [4.78, 5) is 6.54. The van der Waals surface area contributed by atoms with E-state index in [1.807, 2.05) is 41.1 Å². The molecule has 0 bridgehead atoms. The van der Waals surface area contributed by atoms with E-state index in [0.717, 1.165) is 5.69 Å². The summed E-state index contributed by atoms with van der Waals surface area (Å²) >= 11 is 12.7. The first-order valence-electron chi connectivity index (χ1n) is 13.8. The molecule has 43 heavy (non-hydrogen) atoms. The van der Waals surface area contributed by atoms with Gasteiger partial charge in [0, 0.05) is 60.5 Å². The van der Waals surface area contributed by atoms with E-state index in [1.165, 1.54) is 4.31 Å². The second-order valence-corrected chi connectivity index (χ2v) is 13.2. The first-order valence-corrected chi connectivity index (χ1v) is 16.0. The van der Waals surface area contributed by atoms with Crippen molar-refractivity contribution in [1.29, 1.82) is 0 Å². The van der Waals surface area contributed by atoms with Gasteiger partial charge in [0.25, 0.3) is 0 Å². The zero-order valence-corrected chi connectivity index (χ0v) is 25.5. The number of ether oxygens (including phenoxy) is 3. The Morgan fingerprint density at radius 3 is 2.42 bits per heavy atom. The number of hydrogen-bond donors (Lipinski definition) is 1. The van der Waals surface area contributed by atoms with Crippen LogP contribution in [0.25, 0.3) is 0 Å². The van der Waals surface area contributed by atoms with E-state index in [2.05, 4.69) is 9.88 Å². The van der Waals surface area contributed by atoms with Gasteiger partial charge in [-0.15, -0.1) is 0 Å². The Kier molecular flexibility index (Phi) is 8.54. The standard InChI is InChI=1S/C30H31Cl2N5O5S/c31-22-1-10-28(29(32)17-22)30(20-35-12-11-34-21-35)41-19-26(42-30)18-40-25-6-4-24(5-7-25)36-13-15-37(16-14-36)43(38,39)27-8-2-23(33)3-9-27/h1-12,17,21,26H,13-16,18-20,33H2/t26-,30-/m1/s1. The van der Waals surface area contributed by atoms with Crippen LogP contribution in [-0.2, 0) is 31.8 Å². The molecule has 0 aliphatic carbocycles. The second kappa shape index (κ2) is 12.4. The summed E-state index contributed by atoms with van der Waals surface area (Å²) in [5.41, 5.74) is 7.91. The van der Waals surface area contributed by atoms with Crippen LogP contribution in [0.1, 0.15) is 5.56 Å². The maximum absolute atomic E-state index is 13.0. The molecule has 3 heterocycles. The first kappa shape index (κ1) is 29.7. The molecule has 4 aromatic rings. The number of hydrogen-bond acceptors (Lipinski definition) is 8. The van der Waals surface area contributed by atoms with Gasteiger partial charge in [-0.3, -0.25) is 0 Å². The van der Waals surface area contributed by atoms with Crippen molar-refractivity contribution in [2.24, 2.45) is 0 Å². The Hall–Kier alpha value is -3.32. The van der Waals surface area contributed by atoms with Gasteiger partial charge in [-0.05, 0) is 60.7 Å². The summed E-state index contributed by atoms with van der Waals surface area (Å²) in [6, 6.07) is 19.3. The third kappa shape index (κ3) is 6.47. The molecule has 0 amide bonds. The molecule has 0 saturated carbocycles. The lowest BCUT2D eigenvalue weighted by molar-refractivity contribution is -0.189. The third-order valence-corrected chi connectivity index (χ3v) is 10.0. The van der Waals surface area contributed by atoms with Gasteiger partial charge < -0.3 is 29.4 Å². The van der Waals surface area contributed by atoms with Crippen molar-refractivity contribution in [1.82, 2.24) is 13.9 Å².